The van der Waals surface area contributed by atoms with Gasteiger partial charge in [-0.15, -0.1) is 0 Å². The van der Waals surface area contributed by atoms with Crippen molar-refractivity contribution >= 4 is 11.9 Å². The minimum Gasteiger partial charge on any atom is -0.481 e. The minimum absolute atomic E-state index is 0.0143. The Bertz CT molecular complexity index is 2970. The van der Waals surface area contributed by atoms with E-state index < -0.39 is 47.3 Å². The number of carbonyl (C=O) groups is 2. The molecule has 2 aromatic heterocycles. The SMILES string of the molecule is Cc1ccccc1-c1ccc(-c2nc(-c3ccc([C@@H](C)C[C@@H](C)C(=O)O)cc3)no2)cc1C(F)(F)F.Cc1ccccc1-c1ccc(-c2nc(-c3ccc([C@H](C)C[C@H](C)C(=O)O)cc3)no2)cc1C(F)(F)F. The van der Waals surface area contributed by atoms with Crippen LogP contribution in [0.3, 0.4) is 0 Å². The first-order valence-corrected chi connectivity index (χ1v) is 23.0. The Morgan fingerprint density at radius 3 is 1.14 bits per heavy atom. The number of aryl methyl sites for hydroxylation is 2. The third kappa shape index (κ3) is 12.2. The summed E-state index contributed by atoms with van der Waals surface area (Å²) in [6.45, 7) is 10.8. The summed E-state index contributed by atoms with van der Waals surface area (Å²) in [5.41, 5.74) is 4.69. The molecule has 10 nitrogen and oxygen atoms in total. The van der Waals surface area contributed by atoms with E-state index in [1.54, 1.807) is 113 Å². The molecule has 0 saturated carbocycles. The van der Waals surface area contributed by atoms with Crippen LogP contribution in [-0.4, -0.2) is 42.4 Å². The third-order valence-electron chi connectivity index (χ3n) is 12.6. The molecule has 16 heteroatoms. The highest BCUT2D eigenvalue weighted by molar-refractivity contribution is 5.76. The highest BCUT2D eigenvalue weighted by Crippen LogP contribution is 2.42. The van der Waals surface area contributed by atoms with Crippen molar-refractivity contribution < 1.29 is 55.2 Å². The first-order valence-electron chi connectivity index (χ1n) is 23.0. The number of halogens is 6. The van der Waals surface area contributed by atoms with Gasteiger partial charge < -0.3 is 19.3 Å². The van der Waals surface area contributed by atoms with Crippen molar-refractivity contribution in [2.75, 3.05) is 0 Å². The zero-order valence-electron chi connectivity index (χ0n) is 40.0. The molecule has 4 atom stereocenters. The number of hydrogen-bond acceptors (Lipinski definition) is 8. The summed E-state index contributed by atoms with van der Waals surface area (Å²) in [6.07, 6.45) is -8.13. The average molecular weight is 989 g/mol. The second-order valence-corrected chi connectivity index (χ2v) is 18.0. The van der Waals surface area contributed by atoms with Gasteiger partial charge in [-0.3, -0.25) is 9.59 Å². The molecule has 0 spiro atoms. The summed E-state index contributed by atoms with van der Waals surface area (Å²) in [4.78, 5) is 30.9. The molecule has 0 bridgehead atoms. The van der Waals surface area contributed by atoms with E-state index in [9.17, 15) is 35.9 Å². The van der Waals surface area contributed by atoms with Gasteiger partial charge in [0.05, 0.1) is 23.0 Å². The van der Waals surface area contributed by atoms with Crippen molar-refractivity contribution in [2.24, 2.45) is 11.8 Å². The van der Waals surface area contributed by atoms with Crippen LogP contribution >= 0.6 is 0 Å². The van der Waals surface area contributed by atoms with Crippen molar-refractivity contribution in [1.29, 1.82) is 0 Å². The molecule has 0 aliphatic carbocycles. The van der Waals surface area contributed by atoms with Crippen molar-refractivity contribution in [2.45, 2.75) is 78.6 Å². The smallest absolute Gasteiger partial charge is 0.417 e. The second-order valence-electron chi connectivity index (χ2n) is 18.0. The number of rotatable bonds is 14. The molecule has 0 unspecified atom stereocenters. The Kier molecular flexibility index (Phi) is 15.6. The van der Waals surface area contributed by atoms with Crippen molar-refractivity contribution in [3.63, 3.8) is 0 Å². The Morgan fingerprint density at radius 2 is 0.819 bits per heavy atom. The molecule has 2 N–H and O–H groups in total. The number of alkyl halides is 6. The fourth-order valence-electron chi connectivity index (χ4n) is 8.42. The highest BCUT2D eigenvalue weighted by Gasteiger charge is 2.36. The third-order valence-corrected chi connectivity index (χ3v) is 12.6. The topological polar surface area (TPSA) is 152 Å². The molecule has 8 rings (SSSR count). The van der Waals surface area contributed by atoms with Crippen LogP contribution in [0, 0.1) is 25.7 Å². The van der Waals surface area contributed by atoms with Crippen molar-refractivity contribution in [1.82, 2.24) is 20.3 Å². The molecule has 0 aliphatic rings. The van der Waals surface area contributed by atoms with Gasteiger partial charge in [0.15, 0.2) is 0 Å². The van der Waals surface area contributed by atoms with Crippen LogP contribution in [0.1, 0.15) is 85.8 Å². The molecule has 8 aromatic rings. The molecule has 0 saturated heterocycles. The van der Waals surface area contributed by atoms with Gasteiger partial charge in [0.1, 0.15) is 0 Å². The van der Waals surface area contributed by atoms with E-state index in [2.05, 4.69) is 20.3 Å². The number of aromatic nitrogens is 4. The lowest BCUT2D eigenvalue weighted by Crippen LogP contribution is -2.12. The number of hydrogen-bond donors (Lipinski definition) is 2. The fourth-order valence-corrected chi connectivity index (χ4v) is 8.42. The van der Waals surface area contributed by atoms with Crippen LogP contribution in [0.15, 0.2) is 143 Å². The lowest BCUT2D eigenvalue weighted by Gasteiger charge is -2.15. The van der Waals surface area contributed by atoms with E-state index >= 15 is 0 Å². The summed E-state index contributed by atoms with van der Waals surface area (Å²) in [7, 11) is 0. The molecule has 0 aliphatic heterocycles. The summed E-state index contributed by atoms with van der Waals surface area (Å²) in [5.74, 6) is -2.04. The number of nitrogens with zero attached hydrogens (tertiary/aromatic N) is 4. The molecule has 0 fully saturated rings. The zero-order chi connectivity index (χ0) is 52.1. The molecule has 72 heavy (non-hydrogen) atoms. The average Bonchev–Trinajstić information content (AvgIpc) is 4.06. The van der Waals surface area contributed by atoms with Gasteiger partial charge in [0.25, 0.3) is 11.8 Å². The van der Waals surface area contributed by atoms with E-state index in [0.29, 0.717) is 35.1 Å². The molecule has 0 radical (unpaired) electrons. The monoisotopic (exact) mass is 988 g/mol. The molecule has 372 valence electrons. The maximum absolute atomic E-state index is 14.0. The summed E-state index contributed by atoms with van der Waals surface area (Å²) in [5, 5.41) is 26.1. The van der Waals surface area contributed by atoms with E-state index in [0.717, 1.165) is 34.4 Å². The Hall–Kier alpha value is -7.88. The van der Waals surface area contributed by atoms with Gasteiger partial charge in [-0.05, 0) is 107 Å². The predicted molar refractivity (Wildman–Crippen MR) is 260 cm³/mol. The maximum atomic E-state index is 14.0. The number of carboxylic acid groups (broad SMARTS) is 2. The number of carboxylic acids is 2. The molecular formula is C56H50F6N4O6. The lowest BCUT2D eigenvalue weighted by molar-refractivity contribution is -0.142. The molecule has 2 heterocycles. The Labute approximate surface area is 411 Å². The van der Waals surface area contributed by atoms with Crippen molar-refractivity contribution in [3.05, 3.63) is 167 Å². The van der Waals surface area contributed by atoms with Crippen LogP contribution in [0.2, 0.25) is 0 Å². The second kappa shape index (κ2) is 21.6. The predicted octanol–water partition coefficient (Wildman–Crippen LogP) is 15.2. The van der Waals surface area contributed by atoms with Crippen LogP contribution in [0.25, 0.3) is 67.9 Å². The summed E-state index contributed by atoms with van der Waals surface area (Å²) in [6, 6.07) is 36.5. The lowest BCUT2D eigenvalue weighted by atomic mass is 9.91. The van der Waals surface area contributed by atoms with Crippen LogP contribution in [-0.2, 0) is 21.9 Å². The van der Waals surface area contributed by atoms with E-state index in [-0.39, 0.29) is 57.5 Å². The van der Waals surface area contributed by atoms with Gasteiger partial charge in [0.2, 0.25) is 11.6 Å². The highest BCUT2D eigenvalue weighted by atomic mass is 19.4. The molecule has 6 aromatic carbocycles. The van der Waals surface area contributed by atoms with Crippen LogP contribution in [0.5, 0.6) is 0 Å². The van der Waals surface area contributed by atoms with Crippen LogP contribution in [0.4, 0.5) is 26.3 Å². The van der Waals surface area contributed by atoms with E-state index in [4.69, 9.17) is 19.3 Å². The fraction of sp³-hybridized carbons (Fsp3) is 0.250. The molecular weight excluding hydrogens is 939 g/mol. The van der Waals surface area contributed by atoms with Gasteiger partial charge in [0, 0.05) is 22.3 Å². The summed E-state index contributed by atoms with van der Waals surface area (Å²) < 4.78 is 94.4. The van der Waals surface area contributed by atoms with Gasteiger partial charge in [-0.25, -0.2) is 0 Å². The number of aliphatic carboxylic acids is 2. The quantitative estimate of drug-likeness (QED) is 0.101. The first-order chi connectivity index (χ1) is 34.1. The van der Waals surface area contributed by atoms with Crippen molar-refractivity contribution in [3.8, 4) is 67.9 Å². The van der Waals surface area contributed by atoms with E-state index in [1.165, 1.54) is 12.1 Å². The van der Waals surface area contributed by atoms with Gasteiger partial charge in [-0.2, -0.15) is 36.3 Å². The standard InChI is InChI=1S/2C28H25F3N2O3/c2*1-16-6-4-5-7-22(16)23-13-12-21(15-24(23)28(29,30)31)26-32-25(33-36-26)20-10-8-19(9-11-20)17(2)14-18(3)27(34)35/h2*4-13,15,17-18H,14H2,1-3H3,(H,34,35)/t2*17-,18+/m10/s1. The largest absolute Gasteiger partial charge is 0.481 e. The zero-order valence-corrected chi connectivity index (χ0v) is 40.0. The van der Waals surface area contributed by atoms with Gasteiger partial charge >= 0.3 is 24.3 Å². The van der Waals surface area contributed by atoms with E-state index in [1.807, 2.05) is 38.1 Å². The number of benzene rings is 6. The summed E-state index contributed by atoms with van der Waals surface area (Å²) >= 11 is 0. The Balaban J connectivity index is 0.000000211. The Morgan fingerprint density at radius 1 is 0.486 bits per heavy atom. The van der Waals surface area contributed by atoms with Gasteiger partial charge in [-0.1, -0.05) is 147 Å². The van der Waals surface area contributed by atoms with Crippen LogP contribution < -0.4 is 0 Å². The molecule has 0 amide bonds. The minimum atomic E-state index is -4.57. The maximum Gasteiger partial charge on any atom is 0.417 e. The first kappa shape index (κ1) is 52.0. The normalized spacial score (nSPS) is 13.4.